The normalized spacial score (nSPS) is 12.9. The smallest absolute Gasteiger partial charge is 0.149 e. The van der Waals surface area contributed by atoms with Crippen molar-refractivity contribution in [2.45, 2.75) is 52.7 Å². The summed E-state index contributed by atoms with van der Waals surface area (Å²) in [5.74, 6) is 0.133. The Morgan fingerprint density at radius 3 is 2.47 bits per heavy atom. The van der Waals surface area contributed by atoms with E-state index in [4.69, 9.17) is 0 Å². The zero-order valence-corrected chi connectivity index (χ0v) is 13.3. The summed E-state index contributed by atoms with van der Waals surface area (Å²) in [4.78, 5) is 0. The lowest BCUT2D eigenvalue weighted by molar-refractivity contribution is 0.423. The molecule has 0 bridgehead atoms. The van der Waals surface area contributed by atoms with Gasteiger partial charge in [-0.1, -0.05) is 6.92 Å². The molecule has 1 heterocycles. The molecular formula is C13H25N3O2S. The van der Waals surface area contributed by atoms with E-state index in [-0.39, 0.29) is 11.3 Å². The number of nitrogens with one attached hydrogen (secondary N) is 1. The van der Waals surface area contributed by atoms with E-state index in [0.29, 0.717) is 6.54 Å². The van der Waals surface area contributed by atoms with Crippen LogP contribution >= 0.6 is 0 Å². The van der Waals surface area contributed by atoms with Crippen molar-refractivity contribution >= 4 is 9.84 Å². The average Bonchev–Trinajstić information content (AvgIpc) is 2.63. The summed E-state index contributed by atoms with van der Waals surface area (Å²) < 4.78 is 24.2. The van der Waals surface area contributed by atoms with Crippen molar-refractivity contribution in [3.8, 4) is 0 Å². The van der Waals surface area contributed by atoms with E-state index in [1.54, 1.807) is 4.68 Å². The minimum Gasteiger partial charge on any atom is -0.308 e. The maximum absolute atomic E-state index is 11.2. The second-order valence-electron chi connectivity index (χ2n) is 5.93. The van der Waals surface area contributed by atoms with Gasteiger partial charge in [-0.3, -0.25) is 4.68 Å². The predicted molar refractivity (Wildman–Crippen MR) is 77.9 cm³/mol. The van der Waals surface area contributed by atoms with E-state index in [9.17, 15) is 8.42 Å². The molecule has 0 saturated carbocycles. The van der Waals surface area contributed by atoms with Crippen LogP contribution in [0, 0.1) is 0 Å². The Balaban J connectivity index is 2.77. The molecule has 0 aliphatic rings. The first-order valence-corrected chi connectivity index (χ1v) is 8.65. The molecule has 1 aromatic heterocycles. The van der Waals surface area contributed by atoms with Crippen LogP contribution in [0.2, 0.25) is 0 Å². The van der Waals surface area contributed by atoms with Crippen LogP contribution in [0.5, 0.6) is 0 Å². The highest BCUT2D eigenvalue weighted by atomic mass is 32.2. The molecule has 0 aliphatic carbocycles. The van der Waals surface area contributed by atoms with E-state index in [1.165, 1.54) is 6.26 Å². The molecule has 110 valence electrons. The second kappa shape index (κ2) is 6.05. The summed E-state index contributed by atoms with van der Waals surface area (Å²) in [7, 11) is -2.95. The van der Waals surface area contributed by atoms with Crippen molar-refractivity contribution in [3.63, 3.8) is 0 Å². The van der Waals surface area contributed by atoms with Crippen LogP contribution in [0.25, 0.3) is 0 Å². The fraction of sp³-hybridized carbons (Fsp3) is 0.769. The summed E-state index contributed by atoms with van der Waals surface area (Å²) in [6.07, 6.45) is 3.94. The van der Waals surface area contributed by atoms with Crippen molar-refractivity contribution in [1.29, 1.82) is 0 Å². The van der Waals surface area contributed by atoms with Gasteiger partial charge in [0.2, 0.25) is 0 Å². The number of hydrogen-bond donors (Lipinski definition) is 1. The number of aryl methyl sites for hydroxylation is 1. The summed E-state index contributed by atoms with van der Waals surface area (Å²) in [5.41, 5.74) is 2.31. The fourth-order valence-electron chi connectivity index (χ4n) is 1.81. The molecule has 0 radical (unpaired) electrons. The van der Waals surface area contributed by atoms with Crippen LogP contribution in [-0.4, -0.2) is 35.7 Å². The molecular weight excluding hydrogens is 262 g/mol. The molecule has 1 rings (SSSR count). The largest absolute Gasteiger partial charge is 0.308 e. The highest BCUT2D eigenvalue weighted by Gasteiger charge is 2.14. The zero-order valence-electron chi connectivity index (χ0n) is 12.5. The molecule has 1 N–H and O–H groups in total. The van der Waals surface area contributed by atoms with Crippen molar-refractivity contribution in [3.05, 3.63) is 17.5 Å². The van der Waals surface area contributed by atoms with E-state index in [0.717, 1.165) is 24.2 Å². The van der Waals surface area contributed by atoms with Crippen LogP contribution < -0.4 is 5.32 Å². The molecule has 0 amide bonds. The highest BCUT2D eigenvalue weighted by Crippen LogP contribution is 2.11. The van der Waals surface area contributed by atoms with Gasteiger partial charge in [0.15, 0.2) is 0 Å². The number of aromatic nitrogens is 2. The van der Waals surface area contributed by atoms with Gasteiger partial charge in [0.05, 0.1) is 18.5 Å². The Kier molecular flexibility index (Phi) is 5.15. The maximum atomic E-state index is 11.2. The first-order valence-electron chi connectivity index (χ1n) is 6.58. The maximum Gasteiger partial charge on any atom is 0.149 e. The average molecular weight is 287 g/mol. The predicted octanol–water partition coefficient (Wildman–Crippen LogP) is 1.38. The van der Waals surface area contributed by atoms with E-state index in [2.05, 4.69) is 38.1 Å². The quantitative estimate of drug-likeness (QED) is 0.858. The molecule has 0 aromatic carbocycles. The van der Waals surface area contributed by atoms with Crippen LogP contribution in [0.15, 0.2) is 6.20 Å². The van der Waals surface area contributed by atoms with Crippen molar-refractivity contribution in [1.82, 2.24) is 15.1 Å². The molecule has 0 atom stereocenters. The Labute approximate surface area is 116 Å². The zero-order chi connectivity index (χ0) is 14.7. The lowest BCUT2D eigenvalue weighted by Crippen LogP contribution is -2.35. The monoisotopic (exact) mass is 287 g/mol. The van der Waals surface area contributed by atoms with Gasteiger partial charge in [0.25, 0.3) is 0 Å². The molecule has 0 aliphatic heterocycles. The first-order chi connectivity index (χ1) is 8.62. The van der Waals surface area contributed by atoms with Crippen LogP contribution in [-0.2, 0) is 29.3 Å². The molecule has 0 saturated heterocycles. The minimum absolute atomic E-state index is 0.0554. The third-order valence-corrected chi connectivity index (χ3v) is 3.78. The minimum atomic E-state index is -2.95. The van der Waals surface area contributed by atoms with Gasteiger partial charge in [-0.25, -0.2) is 8.42 Å². The highest BCUT2D eigenvalue weighted by molar-refractivity contribution is 7.90. The SMILES string of the molecule is CCc1c(CNC(C)(C)C)cnn1CCS(C)(=O)=O. The lowest BCUT2D eigenvalue weighted by atomic mass is 10.1. The molecule has 6 heteroatoms. The number of hydrogen-bond acceptors (Lipinski definition) is 4. The Bertz CT molecular complexity index is 512. The van der Waals surface area contributed by atoms with E-state index < -0.39 is 9.84 Å². The topological polar surface area (TPSA) is 64.0 Å². The Morgan fingerprint density at radius 2 is 2.00 bits per heavy atom. The molecule has 0 fully saturated rings. The molecule has 5 nitrogen and oxygen atoms in total. The van der Waals surface area contributed by atoms with Gasteiger partial charge >= 0.3 is 0 Å². The van der Waals surface area contributed by atoms with E-state index >= 15 is 0 Å². The Hall–Kier alpha value is -0.880. The first kappa shape index (κ1) is 16.2. The van der Waals surface area contributed by atoms with Gasteiger partial charge < -0.3 is 5.32 Å². The second-order valence-corrected chi connectivity index (χ2v) is 8.19. The van der Waals surface area contributed by atoms with Gasteiger partial charge in [-0.15, -0.1) is 0 Å². The number of nitrogens with zero attached hydrogens (tertiary/aromatic N) is 2. The Morgan fingerprint density at radius 1 is 1.37 bits per heavy atom. The summed E-state index contributed by atoms with van der Waals surface area (Å²) in [6, 6.07) is 0. The van der Waals surface area contributed by atoms with Crippen LogP contribution in [0.4, 0.5) is 0 Å². The molecule has 19 heavy (non-hydrogen) atoms. The van der Waals surface area contributed by atoms with Crippen molar-refractivity contribution in [2.24, 2.45) is 0 Å². The third kappa shape index (κ3) is 5.74. The van der Waals surface area contributed by atoms with Gasteiger partial charge in [-0.2, -0.15) is 5.10 Å². The van der Waals surface area contributed by atoms with Crippen molar-refractivity contribution < 1.29 is 8.42 Å². The van der Waals surface area contributed by atoms with Crippen LogP contribution in [0.1, 0.15) is 39.0 Å². The summed E-state index contributed by atoms with van der Waals surface area (Å²) >= 11 is 0. The van der Waals surface area contributed by atoms with Crippen LogP contribution in [0.3, 0.4) is 0 Å². The molecule has 0 spiro atoms. The summed E-state index contributed by atoms with van der Waals surface area (Å²) in [6.45, 7) is 9.60. The molecule has 1 aromatic rings. The summed E-state index contributed by atoms with van der Waals surface area (Å²) in [5, 5.41) is 7.73. The fourth-order valence-corrected chi connectivity index (χ4v) is 2.32. The van der Waals surface area contributed by atoms with Crippen molar-refractivity contribution in [2.75, 3.05) is 12.0 Å². The van der Waals surface area contributed by atoms with Gasteiger partial charge in [0.1, 0.15) is 9.84 Å². The molecule has 0 unspecified atom stereocenters. The number of rotatable bonds is 6. The van der Waals surface area contributed by atoms with Gasteiger partial charge in [-0.05, 0) is 27.2 Å². The van der Waals surface area contributed by atoms with E-state index in [1.807, 2.05) is 6.20 Å². The van der Waals surface area contributed by atoms with Gasteiger partial charge in [0, 0.05) is 29.6 Å². The number of sulfone groups is 1. The standard InChI is InChI=1S/C13H25N3O2S/c1-6-12-11(9-14-13(2,3)4)10-15-16(12)7-8-19(5,17)18/h10,14H,6-9H2,1-5H3. The third-order valence-electron chi connectivity index (χ3n) is 2.85. The lowest BCUT2D eigenvalue weighted by Gasteiger charge is -2.20.